The highest BCUT2D eigenvalue weighted by Gasteiger charge is 2.37. The fourth-order valence-corrected chi connectivity index (χ4v) is 5.65. The van der Waals surface area contributed by atoms with E-state index in [1.807, 2.05) is 13.8 Å². The molecule has 2 aliphatic rings. The highest BCUT2D eigenvalue weighted by Crippen LogP contribution is 2.31. The van der Waals surface area contributed by atoms with Crippen LogP contribution in [0.2, 0.25) is 0 Å². The minimum atomic E-state index is -0.629. The average Bonchev–Trinajstić information content (AvgIpc) is 3.44. The van der Waals surface area contributed by atoms with E-state index in [1.54, 1.807) is 36.4 Å². The number of amides is 3. The topological polar surface area (TPSA) is 91.6 Å². The Morgan fingerprint density at radius 2 is 1.44 bits per heavy atom. The van der Waals surface area contributed by atoms with Gasteiger partial charge in [-0.3, -0.25) is 14.4 Å². The summed E-state index contributed by atoms with van der Waals surface area (Å²) in [7, 11) is 0. The second-order valence-corrected chi connectivity index (χ2v) is 10.5. The van der Waals surface area contributed by atoms with Gasteiger partial charge in [0.25, 0.3) is 11.8 Å². The van der Waals surface area contributed by atoms with Crippen LogP contribution in [0.1, 0.15) is 99.0 Å². The molecule has 2 saturated carbocycles. The monoisotopic (exact) mass is 493 g/mol. The van der Waals surface area contributed by atoms with Crippen LogP contribution in [0.15, 0.2) is 47.1 Å². The van der Waals surface area contributed by atoms with Gasteiger partial charge in [-0.15, -0.1) is 0 Å². The lowest BCUT2D eigenvalue weighted by Gasteiger charge is -2.44. The molecule has 2 aliphatic carbocycles. The van der Waals surface area contributed by atoms with Gasteiger partial charge in [-0.05, 0) is 55.9 Å². The molecule has 0 aliphatic heterocycles. The Hall–Kier alpha value is -3.09. The maximum Gasteiger partial charge on any atom is 0.291 e. The Labute approximate surface area is 214 Å². The Kier molecular flexibility index (Phi) is 8.83. The Morgan fingerprint density at radius 3 is 2.00 bits per heavy atom. The summed E-state index contributed by atoms with van der Waals surface area (Å²) in [5.41, 5.74) is 0.695. The molecule has 3 amide bonds. The maximum absolute atomic E-state index is 14.1. The van der Waals surface area contributed by atoms with Crippen molar-refractivity contribution in [3.8, 4) is 0 Å². The number of carbonyl (C=O) groups is 3. The predicted octanol–water partition coefficient (Wildman–Crippen LogP) is 5.78. The smallest absolute Gasteiger partial charge is 0.291 e. The van der Waals surface area contributed by atoms with Gasteiger partial charge in [0.15, 0.2) is 5.76 Å². The molecule has 7 heteroatoms. The van der Waals surface area contributed by atoms with Crippen molar-refractivity contribution in [2.75, 3.05) is 5.32 Å². The van der Waals surface area contributed by atoms with Crippen LogP contribution in [-0.4, -0.2) is 40.7 Å². The van der Waals surface area contributed by atoms with Gasteiger partial charge in [0.2, 0.25) is 5.91 Å². The number of carbonyl (C=O) groups excluding carboxylic acids is 3. The molecule has 2 fully saturated rings. The normalized spacial score (nSPS) is 18.0. The summed E-state index contributed by atoms with van der Waals surface area (Å²) in [4.78, 5) is 42.3. The van der Waals surface area contributed by atoms with Gasteiger partial charge < -0.3 is 20.0 Å². The molecule has 194 valence electrons. The summed E-state index contributed by atoms with van der Waals surface area (Å²) >= 11 is 0. The first kappa shape index (κ1) is 26.0. The zero-order chi connectivity index (χ0) is 25.5. The van der Waals surface area contributed by atoms with E-state index in [2.05, 4.69) is 15.5 Å². The van der Waals surface area contributed by atoms with Crippen LogP contribution in [0.4, 0.5) is 5.69 Å². The second-order valence-electron chi connectivity index (χ2n) is 10.5. The number of para-hydroxylation sites is 1. The maximum atomic E-state index is 14.1. The molecular weight excluding hydrogens is 454 g/mol. The summed E-state index contributed by atoms with van der Waals surface area (Å²) in [6.07, 6.45) is 12.7. The number of anilines is 1. The molecule has 1 heterocycles. The van der Waals surface area contributed by atoms with Gasteiger partial charge in [0, 0.05) is 12.1 Å². The van der Waals surface area contributed by atoms with Crippen LogP contribution in [-0.2, 0) is 4.79 Å². The van der Waals surface area contributed by atoms with Crippen LogP contribution in [0, 0.1) is 5.92 Å². The van der Waals surface area contributed by atoms with E-state index >= 15 is 0 Å². The summed E-state index contributed by atoms with van der Waals surface area (Å²) in [6, 6.07) is 9.93. The molecule has 7 nitrogen and oxygen atoms in total. The van der Waals surface area contributed by atoms with E-state index in [4.69, 9.17) is 4.42 Å². The van der Waals surface area contributed by atoms with Crippen molar-refractivity contribution in [1.82, 2.24) is 10.2 Å². The molecule has 2 aromatic rings. The number of hydrogen-bond acceptors (Lipinski definition) is 4. The fourth-order valence-electron chi connectivity index (χ4n) is 5.65. The molecule has 0 unspecified atom stereocenters. The van der Waals surface area contributed by atoms with Crippen molar-refractivity contribution in [2.45, 2.75) is 96.2 Å². The van der Waals surface area contributed by atoms with Gasteiger partial charge in [-0.25, -0.2) is 0 Å². The Morgan fingerprint density at radius 1 is 0.833 bits per heavy atom. The average molecular weight is 494 g/mol. The van der Waals surface area contributed by atoms with Crippen LogP contribution in [0.3, 0.4) is 0 Å². The highest BCUT2D eigenvalue weighted by atomic mass is 16.3. The molecule has 0 saturated heterocycles. The summed E-state index contributed by atoms with van der Waals surface area (Å²) in [5, 5.41) is 5.80. The lowest BCUT2D eigenvalue weighted by molar-refractivity contribution is -0.141. The minimum Gasteiger partial charge on any atom is -0.459 e. The van der Waals surface area contributed by atoms with Gasteiger partial charge in [0.1, 0.15) is 6.04 Å². The first-order valence-corrected chi connectivity index (χ1v) is 13.5. The van der Waals surface area contributed by atoms with Crippen LogP contribution >= 0.6 is 0 Å². The van der Waals surface area contributed by atoms with E-state index in [9.17, 15) is 14.4 Å². The zero-order valence-electron chi connectivity index (χ0n) is 21.5. The lowest BCUT2D eigenvalue weighted by atomic mass is 9.87. The van der Waals surface area contributed by atoms with Crippen molar-refractivity contribution in [1.29, 1.82) is 0 Å². The largest absolute Gasteiger partial charge is 0.459 e. The van der Waals surface area contributed by atoms with Crippen molar-refractivity contribution in [2.24, 2.45) is 5.92 Å². The van der Waals surface area contributed by atoms with Crippen LogP contribution in [0.25, 0.3) is 0 Å². The molecule has 1 aromatic heterocycles. The quantitative estimate of drug-likeness (QED) is 0.488. The summed E-state index contributed by atoms with van der Waals surface area (Å²) in [6.45, 7) is 3.96. The van der Waals surface area contributed by atoms with Crippen molar-refractivity contribution in [3.63, 3.8) is 0 Å². The second kappa shape index (κ2) is 12.2. The summed E-state index contributed by atoms with van der Waals surface area (Å²) < 4.78 is 5.17. The van der Waals surface area contributed by atoms with Crippen molar-refractivity contribution in [3.05, 3.63) is 54.0 Å². The first-order valence-electron chi connectivity index (χ1n) is 13.5. The number of nitrogens with zero attached hydrogens (tertiary/aromatic N) is 1. The number of rotatable bonds is 8. The Balaban J connectivity index is 1.54. The number of hydrogen-bond donors (Lipinski definition) is 2. The van der Waals surface area contributed by atoms with Crippen LogP contribution < -0.4 is 10.6 Å². The SMILES string of the molecule is CC(C)[C@H](NC(=O)c1ccccc1NC(=O)c1ccco1)C(=O)N(C1CCCCC1)C1CCCCC1. The molecule has 0 bridgehead atoms. The molecule has 0 radical (unpaired) electrons. The van der Waals surface area contributed by atoms with Gasteiger partial charge in [0.05, 0.1) is 17.5 Å². The number of benzene rings is 1. The zero-order valence-corrected chi connectivity index (χ0v) is 21.5. The van der Waals surface area contributed by atoms with Gasteiger partial charge >= 0.3 is 0 Å². The van der Waals surface area contributed by atoms with E-state index in [0.717, 1.165) is 51.4 Å². The van der Waals surface area contributed by atoms with E-state index < -0.39 is 11.9 Å². The predicted molar refractivity (Wildman–Crippen MR) is 140 cm³/mol. The third-order valence-corrected chi connectivity index (χ3v) is 7.57. The highest BCUT2D eigenvalue weighted by molar-refractivity contribution is 6.08. The number of nitrogens with one attached hydrogen (secondary N) is 2. The molecule has 1 aromatic carbocycles. The lowest BCUT2D eigenvalue weighted by Crippen LogP contribution is -2.57. The first-order chi connectivity index (χ1) is 17.5. The van der Waals surface area contributed by atoms with Crippen molar-refractivity contribution < 1.29 is 18.8 Å². The Bertz CT molecular complexity index is 1000. The molecule has 2 N–H and O–H groups in total. The van der Waals surface area contributed by atoms with Crippen LogP contribution in [0.5, 0.6) is 0 Å². The molecule has 1 atom stereocenters. The molecule has 4 rings (SSSR count). The minimum absolute atomic E-state index is 0.0363. The van der Waals surface area contributed by atoms with E-state index in [1.165, 1.54) is 19.1 Å². The van der Waals surface area contributed by atoms with Crippen molar-refractivity contribution >= 4 is 23.4 Å². The summed E-state index contributed by atoms with van der Waals surface area (Å²) in [5.74, 6) is -0.673. The van der Waals surface area contributed by atoms with E-state index in [0.29, 0.717) is 11.3 Å². The number of furan rings is 1. The van der Waals surface area contributed by atoms with Gasteiger partial charge in [-0.2, -0.15) is 0 Å². The van der Waals surface area contributed by atoms with Gasteiger partial charge in [-0.1, -0.05) is 64.5 Å². The fraction of sp³-hybridized carbons (Fsp3) is 0.552. The molecule has 0 spiro atoms. The molecular formula is C29H39N3O4. The molecule has 36 heavy (non-hydrogen) atoms. The third kappa shape index (κ3) is 6.18. The van der Waals surface area contributed by atoms with E-state index in [-0.39, 0.29) is 35.6 Å². The standard InChI is InChI=1S/C29H39N3O4/c1-20(2)26(29(35)32(21-12-5-3-6-13-21)22-14-7-4-8-15-22)31-27(33)23-16-9-10-17-24(23)30-28(34)25-18-11-19-36-25/h9-11,16-22,26H,3-8,12-15H2,1-2H3,(H,30,34)(H,31,33)/t26-/m0/s1. The third-order valence-electron chi connectivity index (χ3n) is 7.57.